The minimum Gasteiger partial charge on any atom is -0.398 e. The zero-order chi connectivity index (χ0) is 15.5. The van der Waals surface area contributed by atoms with Gasteiger partial charge in [-0.1, -0.05) is 12.1 Å². The van der Waals surface area contributed by atoms with Gasteiger partial charge in [0.25, 0.3) is 0 Å². The van der Waals surface area contributed by atoms with E-state index in [0.717, 1.165) is 18.2 Å². The van der Waals surface area contributed by atoms with Gasteiger partial charge in [-0.15, -0.1) is 0 Å². The van der Waals surface area contributed by atoms with Crippen LogP contribution in [0.5, 0.6) is 0 Å². The van der Waals surface area contributed by atoms with Gasteiger partial charge < -0.3 is 5.73 Å². The van der Waals surface area contributed by atoms with Crippen LogP contribution in [0.4, 0.5) is 14.5 Å². The summed E-state index contributed by atoms with van der Waals surface area (Å²) in [5.41, 5.74) is 6.01. The van der Waals surface area contributed by atoms with Gasteiger partial charge >= 0.3 is 0 Å². The first-order valence-electron chi connectivity index (χ1n) is 6.17. The summed E-state index contributed by atoms with van der Waals surface area (Å²) in [6, 6.07) is 8.97. The van der Waals surface area contributed by atoms with Crippen molar-refractivity contribution in [1.82, 2.24) is 4.72 Å². The van der Waals surface area contributed by atoms with Gasteiger partial charge in [-0.05, 0) is 42.3 Å². The number of nitrogens with one attached hydrogen (secondary N) is 1. The number of anilines is 1. The average molecular weight is 312 g/mol. The van der Waals surface area contributed by atoms with Crippen molar-refractivity contribution >= 4 is 15.7 Å². The van der Waals surface area contributed by atoms with Crippen LogP contribution in [0.15, 0.2) is 47.4 Å². The second-order valence-corrected chi connectivity index (χ2v) is 6.20. The monoisotopic (exact) mass is 312 g/mol. The highest BCUT2D eigenvalue weighted by molar-refractivity contribution is 7.89. The maximum atomic E-state index is 13.0. The molecular formula is C14H14F2N2O2S. The van der Waals surface area contributed by atoms with Crippen LogP contribution in [0, 0.1) is 11.6 Å². The lowest BCUT2D eigenvalue weighted by Gasteiger charge is -2.09. The molecule has 0 fully saturated rings. The van der Waals surface area contributed by atoms with Gasteiger partial charge in [0.15, 0.2) is 0 Å². The molecule has 0 radical (unpaired) electrons. The van der Waals surface area contributed by atoms with Gasteiger partial charge in [0.05, 0.1) is 5.69 Å². The second kappa shape index (κ2) is 6.19. The Morgan fingerprint density at radius 3 is 2.43 bits per heavy atom. The Morgan fingerprint density at radius 1 is 1.05 bits per heavy atom. The molecule has 112 valence electrons. The van der Waals surface area contributed by atoms with Gasteiger partial charge in [0.2, 0.25) is 10.0 Å². The van der Waals surface area contributed by atoms with E-state index in [-0.39, 0.29) is 22.9 Å². The smallest absolute Gasteiger partial charge is 0.242 e. The van der Waals surface area contributed by atoms with E-state index in [1.54, 1.807) is 12.1 Å². The molecule has 0 saturated heterocycles. The number of nitrogens with two attached hydrogens (primary N) is 1. The molecule has 0 aliphatic heterocycles. The number of hydrogen-bond donors (Lipinski definition) is 2. The molecule has 0 aliphatic rings. The Hall–Kier alpha value is -1.99. The zero-order valence-corrected chi connectivity index (χ0v) is 11.8. The number of benzene rings is 2. The van der Waals surface area contributed by atoms with Crippen molar-refractivity contribution in [1.29, 1.82) is 0 Å². The quantitative estimate of drug-likeness (QED) is 0.830. The summed E-state index contributed by atoms with van der Waals surface area (Å²) < 4.78 is 52.3. The Labute approximate surface area is 121 Å². The number of hydrogen-bond acceptors (Lipinski definition) is 3. The van der Waals surface area contributed by atoms with Crippen molar-refractivity contribution < 1.29 is 17.2 Å². The molecule has 0 bridgehead atoms. The van der Waals surface area contributed by atoms with Crippen molar-refractivity contribution in [2.45, 2.75) is 11.3 Å². The molecule has 0 spiro atoms. The highest BCUT2D eigenvalue weighted by Gasteiger charge is 2.17. The lowest BCUT2D eigenvalue weighted by molar-refractivity contribution is 0.581. The van der Waals surface area contributed by atoms with Crippen LogP contribution in [0.2, 0.25) is 0 Å². The Morgan fingerprint density at radius 2 is 1.76 bits per heavy atom. The molecule has 0 heterocycles. The van der Waals surface area contributed by atoms with Crippen LogP contribution in [0.3, 0.4) is 0 Å². The predicted molar refractivity (Wildman–Crippen MR) is 76.1 cm³/mol. The third kappa shape index (κ3) is 3.99. The van der Waals surface area contributed by atoms with Gasteiger partial charge in [-0.3, -0.25) is 0 Å². The fourth-order valence-electron chi connectivity index (χ4n) is 1.86. The number of nitrogen functional groups attached to an aromatic ring is 1. The molecule has 0 amide bonds. The van der Waals surface area contributed by atoms with E-state index in [4.69, 9.17) is 5.73 Å². The molecule has 2 aromatic carbocycles. The Kier molecular flexibility index (Phi) is 4.54. The summed E-state index contributed by atoms with van der Waals surface area (Å²) in [5, 5.41) is 0. The van der Waals surface area contributed by atoms with Crippen molar-refractivity contribution in [3.63, 3.8) is 0 Å². The van der Waals surface area contributed by atoms with E-state index < -0.39 is 15.8 Å². The molecule has 7 heteroatoms. The summed E-state index contributed by atoms with van der Waals surface area (Å²) in [5.74, 6) is -0.982. The topological polar surface area (TPSA) is 72.2 Å². The standard InChI is InChI=1S/C14H14F2N2O2S/c15-11-3-1-2-10(8-11)6-7-18-21(19,20)14-5-4-12(16)9-13(14)17/h1-5,8-9,18H,6-7,17H2. The molecular weight excluding hydrogens is 298 g/mol. The summed E-state index contributed by atoms with van der Waals surface area (Å²) in [6.07, 6.45) is 0.331. The fraction of sp³-hybridized carbons (Fsp3) is 0.143. The maximum absolute atomic E-state index is 13.0. The molecule has 4 nitrogen and oxygen atoms in total. The molecule has 21 heavy (non-hydrogen) atoms. The van der Waals surface area contributed by atoms with Crippen LogP contribution in [-0.2, 0) is 16.4 Å². The van der Waals surface area contributed by atoms with Crippen LogP contribution in [0.25, 0.3) is 0 Å². The summed E-state index contributed by atoms with van der Waals surface area (Å²) in [4.78, 5) is -0.178. The first kappa shape index (κ1) is 15.4. The first-order valence-corrected chi connectivity index (χ1v) is 7.66. The second-order valence-electron chi connectivity index (χ2n) is 4.46. The number of sulfonamides is 1. The van der Waals surface area contributed by atoms with Gasteiger partial charge in [-0.25, -0.2) is 21.9 Å². The van der Waals surface area contributed by atoms with E-state index in [2.05, 4.69) is 4.72 Å². The summed E-state index contributed by atoms with van der Waals surface area (Å²) >= 11 is 0. The van der Waals surface area contributed by atoms with E-state index in [9.17, 15) is 17.2 Å². The minimum atomic E-state index is -3.82. The SMILES string of the molecule is Nc1cc(F)ccc1S(=O)(=O)NCCc1cccc(F)c1. The first-order chi connectivity index (χ1) is 9.88. The van der Waals surface area contributed by atoms with E-state index >= 15 is 0 Å². The summed E-state index contributed by atoms with van der Waals surface area (Å²) in [7, 11) is -3.82. The average Bonchev–Trinajstić information content (AvgIpc) is 2.38. The molecule has 0 atom stereocenters. The molecule has 0 aromatic heterocycles. The van der Waals surface area contributed by atoms with E-state index in [0.29, 0.717) is 12.0 Å². The lowest BCUT2D eigenvalue weighted by Crippen LogP contribution is -2.26. The lowest BCUT2D eigenvalue weighted by atomic mass is 10.1. The van der Waals surface area contributed by atoms with Gasteiger partial charge in [0, 0.05) is 6.54 Å². The van der Waals surface area contributed by atoms with Crippen molar-refractivity contribution in [3.05, 3.63) is 59.7 Å². The predicted octanol–water partition coefficient (Wildman–Crippen LogP) is 2.07. The normalized spacial score (nSPS) is 11.5. The van der Waals surface area contributed by atoms with Crippen LogP contribution in [-0.4, -0.2) is 15.0 Å². The Balaban J connectivity index is 2.05. The summed E-state index contributed by atoms with van der Waals surface area (Å²) in [6.45, 7) is 0.0859. The molecule has 3 N–H and O–H groups in total. The zero-order valence-electron chi connectivity index (χ0n) is 11.0. The van der Waals surface area contributed by atoms with E-state index in [1.807, 2.05) is 0 Å². The van der Waals surface area contributed by atoms with Gasteiger partial charge in [-0.2, -0.15) is 0 Å². The highest BCUT2D eigenvalue weighted by atomic mass is 32.2. The van der Waals surface area contributed by atoms with Crippen molar-refractivity contribution in [2.75, 3.05) is 12.3 Å². The highest BCUT2D eigenvalue weighted by Crippen LogP contribution is 2.18. The van der Waals surface area contributed by atoms with Crippen LogP contribution < -0.4 is 10.5 Å². The van der Waals surface area contributed by atoms with E-state index in [1.165, 1.54) is 12.1 Å². The molecule has 2 aromatic rings. The van der Waals surface area contributed by atoms with Gasteiger partial charge in [0.1, 0.15) is 16.5 Å². The third-order valence-corrected chi connectivity index (χ3v) is 4.39. The van der Waals surface area contributed by atoms with Crippen molar-refractivity contribution in [3.8, 4) is 0 Å². The van der Waals surface area contributed by atoms with Crippen LogP contribution in [0.1, 0.15) is 5.56 Å². The third-order valence-electron chi connectivity index (χ3n) is 2.86. The van der Waals surface area contributed by atoms with Crippen LogP contribution >= 0.6 is 0 Å². The van der Waals surface area contributed by atoms with Crippen molar-refractivity contribution in [2.24, 2.45) is 0 Å². The largest absolute Gasteiger partial charge is 0.398 e. The minimum absolute atomic E-state index is 0.0859. The molecule has 2 rings (SSSR count). The maximum Gasteiger partial charge on any atom is 0.242 e. The Bertz CT molecular complexity index is 748. The molecule has 0 aliphatic carbocycles. The molecule has 0 saturated carbocycles. The number of rotatable bonds is 5. The fourth-order valence-corrected chi connectivity index (χ4v) is 3.01. The molecule has 0 unspecified atom stereocenters. The number of halogens is 2.